The van der Waals surface area contributed by atoms with Crippen LogP contribution in [0.5, 0.6) is 0 Å². The molecule has 2 N–H and O–H groups in total. The van der Waals surface area contributed by atoms with Gasteiger partial charge in [0.1, 0.15) is 5.65 Å². The van der Waals surface area contributed by atoms with E-state index >= 15 is 0 Å². The van der Waals surface area contributed by atoms with Crippen LogP contribution in [0.1, 0.15) is 30.3 Å². The summed E-state index contributed by atoms with van der Waals surface area (Å²) in [7, 11) is 0. The number of amides is 3. The summed E-state index contributed by atoms with van der Waals surface area (Å²) in [5.41, 5.74) is 0.693. The number of hydrogen-bond acceptors (Lipinski definition) is 5. The van der Waals surface area contributed by atoms with Gasteiger partial charge in [0, 0.05) is 18.4 Å². The van der Waals surface area contributed by atoms with Crippen molar-refractivity contribution in [3.8, 4) is 0 Å². The predicted molar refractivity (Wildman–Crippen MR) is 79.8 cm³/mol. The number of fused-ring (bicyclic) bond motifs is 1. The number of nitrogens with one attached hydrogen (secondary N) is 2. The second-order valence-corrected chi connectivity index (χ2v) is 5.38. The lowest BCUT2D eigenvalue weighted by atomic mass is 10.3. The molecule has 1 atom stereocenters. The Morgan fingerprint density at radius 3 is 2.83 bits per heavy atom. The van der Waals surface area contributed by atoms with Crippen LogP contribution in [-0.4, -0.2) is 39.4 Å². The summed E-state index contributed by atoms with van der Waals surface area (Å²) in [5, 5.41) is 4.76. The van der Waals surface area contributed by atoms with Crippen LogP contribution in [0.25, 0.3) is 5.65 Å². The third-order valence-corrected chi connectivity index (χ3v) is 3.38. The van der Waals surface area contributed by atoms with Crippen molar-refractivity contribution in [2.45, 2.75) is 31.9 Å². The molecule has 1 aliphatic rings. The number of rotatable bonds is 4. The van der Waals surface area contributed by atoms with E-state index in [1.165, 1.54) is 13.1 Å². The van der Waals surface area contributed by atoms with Crippen LogP contribution in [-0.2, 0) is 9.53 Å². The molecular weight excluding hydrogens is 300 g/mol. The van der Waals surface area contributed by atoms with Crippen molar-refractivity contribution < 1.29 is 19.1 Å². The Bertz CT molecular complexity index is 733. The van der Waals surface area contributed by atoms with Crippen molar-refractivity contribution in [3.05, 3.63) is 36.3 Å². The van der Waals surface area contributed by atoms with E-state index in [2.05, 4.69) is 15.6 Å². The second kappa shape index (κ2) is 6.07. The number of carbonyl (C=O) groups is 3. The summed E-state index contributed by atoms with van der Waals surface area (Å²) in [6, 6.07) is 4.91. The minimum Gasteiger partial charge on any atom is -0.448 e. The molecule has 1 fully saturated rings. The largest absolute Gasteiger partial charge is 0.448 e. The maximum absolute atomic E-state index is 12.0. The zero-order valence-corrected chi connectivity index (χ0v) is 12.5. The third-order valence-electron chi connectivity index (χ3n) is 3.38. The lowest BCUT2D eigenvalue weighted by Gasteiger charge is -2.12. The smallest absolute Gasteiger partial charge is 0.359 e. The number of imidazole rings is 1. The molecule has 23 heavy (non-hydrogen) atoms. The van der Waals surface area contributed by atoms with E-state index in [9.17, 15) is 14.4 Å². The molecule has 2 aromatic heterocycles. The van der Waals surface area contributed by atoms with Crippen molar-refractivity contribution in [2.75, 3.05) is 0 Å². The first kappa shape index (κ1) is 15.0. The Morgan fingerprint density at radius 1 is 1.35 bits per heavy atom. The molecule has 3 rings (SSSR count). The molecule has 0 spiro atoms. The molecule has 3 amide bonds. The maximum Gasteiger partial charge on any atom is 0.359 e. The molecule has 0 radical (unpaired) electrons. The molecule has 0 bridgehead atoms. The first-order valence-electron chi connectivity index (χ1n) is 7.29. The summed E-state index contributed by atoms with van der Waals surface area (Å²) in [4.78, 5) is 39.4. The van der Waals surface area contributed by atoms with Gasteiger partial charge < -0.3 is 14.5 Å². The summed E-state index contributed by atoms with van der Waals surface area (Å²) in [6.45, 7) is 1.40. The Kier molecular flexibility index (Phi) is 3.96. The van der Waals surface area contributed by atoms with E-state index in [1.54, 1.807) is 28.8 Å². The van der Waals surface area contributed by atoms with Gasteiger partial charge in [-0.2, -0.15) is 0 Å². The Morgan fingerprint density at radius 2 is 2.13 bits per heavy atom. The van der Waals surface area contributed by atoms with Gasteiger partial charge in [0.15, 0.2) is 11.8 Å². The van der Waals surface area contributed by atoms with Gasteiger partial charge in [-0.1, -0.05) is 6.07 Å². The van der Waals surface area contributed by atoms with Crippen molar-refractivity contribution >= 4 is 23.6 Å². The molecule has 1 aliphatic carbocycles. The van der Waals surface area contributed by atoms with Crippen molar-refractivity contribution in [1.82, 2.24) is 20.0 Å². The van der Waals surface area contributed by atoms with E-state index in [4.69, 9.17) is 4.74 Å². The molecule has 8 nitrogen and oxygen atoms in total. The molecular formula is C15H16N4O4. The molecule has 120 valence electrons. The summed E-state index contributed by atoms with van der Waals surface area (Å²) < 4.78 is 6.71. The number of hydrogen-bond donors (Lipinski definition) is 2. The zero-order chi connectivity index (χ0) is 16.4. The van der Waals surface area contributed by atoms with Crippen LogP contribution in [0.3, 0.4) is 0 Å². The van der Waals surface area contributed by atoms with E-state index in [1.807, 2.05) is 0 Å². The van der Waals surface area contributed by atoms with Gasteiger partial charge in [-0.05, 0) is 31.9 Å². The summed E-state index contributed by atoms with van der Waals surface area (Å²) in [6.07, 6.45) is 4.00. The number of nitrogens with zero attached hydrogens (tertiary/aromatic N) is 2. The van der Waals surface area contributed by atoms with Gasteiger partial charge in [-0.25, -0.2) is 14.6 Å². The van der Waals surface area contributed by atoms with Crippen molar-refractivity contribution in [1.29, 1.82) is 0 Å². The lowest BCUT2D eigenvalue weighted by Crippen LogP contribution is -2.45. The fraction of sp³-hybridized carbons (Fsp3) is 0.333. The molecule has 2 aromatic rings. The Labute approximate surface area is 131 Å². The standard InChI is InChI=1S/C15H16N4O4/c1-9(13(20)18-15(22)16-10-5-6-10)23-14(21)11-8-19-7-3-2-4-12(19)17-11/h2-4,7-10H,5-6H2,1H3,(H2,16,18,20,22). The highest BCUT2D eigenvalue weighted by Gasteiger charge is 2.26. The molecule has 0 aromatic carbocycles. The first-order valence-corrected chi connectivity index (χ1v) is 7.29. The number of ether oxygens (including phenoxy) is 1. The molecule has 0 aliphatic heterocycles. The number of aromatic nitrogens is 2. The van der Waals surface area contributed by atoms with E-state index < -0.39 is 24.0 Å². The number of pyridine rings is 1. The normalized spacial score (nSPS) is 15.0. The molecule has 8 heteroatoms. The van der Waals surface area contributed by atoms with Crippen LogP contribution in [0.15, 0.2) is 30.6 Å². The van der Waals surface area contributed by atoms with Gasteiger partial charge in [-0.15, -0.1) is 0 Å². The van der Waals surface area contributed by atoms with Crippen LogP contribution in [0.2, 0.25) is 0 Å². The Hall–Kier alpha value is -2.90. The average molecular weight is 316 g/mol. The van der Waals surface area contributed by atoms with Crippen LogP contribution in [0.4, 0.5) is 4.79 Å². The van der Waals surface area contributed by atoms with Crippen molar-refractivity contribution in [3.63, 3.8) is 0 Å². The van der Waals surface area contributed by atoms with Gasteiger partial charge in [-0.3, -0.25) is 10.1 Å². The van der Waals surface area contributed by atoms with E-state index in [-0.39, 0.29) is 11.7 Å². The minimum atomic E-state index is -1.10. The highest BCUT2D eigenvalue weighted by molar-refractivity contribution is 5.98. The van der Waals surface area contributed by atoms with Crippen LogP contribution < -0.4 is 10.6 Å². The topological polar surface area (TPSA) is 102 Å². The van der Waals surface area contributed by atoms with Crippen LogP contribution in [0, 0.1) is 0 Å². The summed E-state index contributed by atoms with van der Waals surface area (Å²) in [5.74, 6) is -1.40. The number of urea groups is 1. The van der Waals surface area contributed by atoms with E-state index in [0.717, 1.165) is 12.8 Å². The molecule has 2 heterocycles. The number of imide groups is 1. The minimum absolute atomic E-state index is 0.0956. The second-order valence-electron chi connectivity index (χ2n) is 5.38. The highest BCUT2D eigenvalue weighted by atomic mass is 16.5. The third kappa shape index (κ3) is 3.65. The number of esters is 1. The van der Waals surface area contributed by atoms with E-state index in [0.29, 0.717) is 5.65 Å². The zero-order valence-electron chi connectivity index (χ0n) is 12.5. The van der Waals surface area contributed by atoms with Gasteiger partial charge in [0.2, 0.25) is 0 Å². The van der Waals surface area contributed by atoms with Gasteiger partial charge in [0.25, 0.3) is 5.91 Å². The number of carbonyl (C=O) groups excluding carboxylic acids is 3. The quantitative estimate of drug-likeness (QED) is 0.815. The van der Waals surface area contributed by atoms with Gasteiger partial charge in [0.05, 0.1) is 0 Å². The fourth-order valence-corrected chi connectivity index (χ4v) is 1.97. The Balaban J connectivity index is 1.57. The molecule has 0 saturated heterocycles. The fourth-order valence-electron chi connectivity index (χ4n) is 1.97. The van der Waals surface area contributed by atoms with Crippen molar-refractivity contribution in [2.24, 2.45) is 0 Å². The lowest BCUT2D eigenvalue weighted by molar-refractivity contribution is -0.127. The molecule has 1 saturated carbocycles. The first-order chi connectivity index (χ1) is 11.0. The predicted octanol–water partition coefficient (Wildman–Crippen LogP) is 0.868. The van der Waals surface area contributed by atoms with Gasteiger partial charge >= 0.3 is 12.0 Å². The molecule has 1 unspecified atom stereocenters. The maximum atomic E-state index is 12.0. The average Bonchev–Trinajstić information content (AvgIpc) is 3.21. The SMILES string of the molecule is CC(OC(=O)c1cn2ccccc2n1)C(=O)NC(=O)NC1CC1. The monoisotopic (exact) mass is 316 g/mol. The summed E-state index contributed by atoms with van der Waals surface area (Å²) >= 11 is 0. The highest BCUT2D eigenvalue weighted by Crippen LogP contribution is 2.18. The van der Waals surface area contributed by atoms with Crippen LogP contribution >= 0.6 is 0 Å².